The van der Waals surface area contributed by atoms with Gasteiger partial charge in [0.05, 0.1) is 0 Å². The summed E-state index contributed by atoms with van der Waals surface area (Å²) in [5, 5.41) is 7.65. The Balaban J connectivity index is 1.54. The van der Waals surface area contributed by atoms with Crippen LogP contribution in [-0.4, -0.2) is 61.4 Å². The molecule has 1 aromatic heterocycles. The standard InChI is InChI=1S/C15H27N5O/c1-12(13-4-3-5-16-11-13)10-14-17-15(18-21-14)20-8-6-19(2)7-9-20/h12-13,16H,3-11H2,1-2H3. The fourth-order valence-corrected chi connectivity index (χ4v) is 3.27. The smallest absolute Gasteiger partial charge is 0.266 e. The van der Waals surface area contributed by atoms with E-state index in [9.17, 15) is 0 Å². The lowest BCUT2D eigenvalue weighted by molar-refractivity contribution is 0.256. The van der Waals surface area contributed by atoms with Crippen LogP contribution >= 0.6 is 0 Å². The van der Waals surface area contributed by atoms with Gasteiger partial charge in [-0.3, -0.25) is 0 Å². The van der Waals surface area contributed by atoms with Gasteiger partial charge in [0.25, 0.3) is 5.95 Å². The molecule has 2 saturated heterocycles. The second-order valence-electron chi connectivity index (χ2n) is 6.57. The van der Waals surface area contributed by atoms with Crippen LogP contribution < -0.4 is 10.2 Å². The molecule has 2 atom stereocenters. The Morgan fingerprint density at radius 3 is 2.86 bits per heavy atom. The molecule has 2 fully saturated rings. The van der Waals surface area contributed by atoms with E-state index in [0.717, 1.165) is 63.4 Å². The maximum absolute atomic E-state index is 5.47. The van der Waals surface area contributed by atoms with E-state index >= 15 is 0 Å². The van der Waals surface area contributed by atoms with Crippen LogP contribution in [0, 0.1) is 11.8 Å². The first kappa shape index (κ1) is 14.8. The van der Waals surface area contributed by atoms with Crippen molar-refractivity contribution in [2.24, 2.45) is 11.8 Å². The van der Waals surface area contributed by atoms with Crippen LogP contribution in [0.3, 0.4) is 0 Å². The van der Waals surface area contributed by atoms with Crippen molar-refractivity contribution in [3.63, 3.8) is 0 Å². The quantitative estimate of drug-likeness (QED) is 0.894. The molecule has 0 spiro atoms. The Hall–Kier alpha value is -1.14. The molecule has 6 heteroatoms. The molecule has 0 amide bonds. The number of anilines is 1. The van der Waals surface area contributed by atoms with Crippen LogP contribution in [0.4, 0.5) is 5.95 Å². The van der Waals surface area contributed by atoms with Crippen LogP contribution in [0.1, 0.15) is 25.7 Å². The first-order valence-corrected chi connectivity index (χ1v) is 8.19. The molecule has 1 N–H and O–H groups in total. The molecular formula is C15H27N5O. The lowest BCUT2D eigenvalue weighted by Crippen LogP contribution is -2.44. The van der Waals surface area contributed by atoms with Gasteiger partial charge in [-0.2, -0.15) is 4.98 Å². The zero-order valence-electron chi connectivity index (χ0n) is 13.2. The van der Waals surface area contributed by atoms with Crippen LogP contribution in [0.25, 0.3) is 0 Å². The third-order valence-electron chi connectivity index (χ3n) is 4.88. The van der Waals surface area contributed by atoms with Gasteiger partial charge >= 0.3 is 0 Å². The molecule has 3 rings (SSSR count). The lowest BCUT2D eigenvalue weighted by atomic mass is 9.85. The van der Waals surface area contributed by atoms with Crippen LogP contribution in [0.15, 0.2) is 4.52 Å². The summed E-state index contributed by atoms with van der Waals surface area (Å²) in [6.07, 6.45) is 3.49. The van der Waals surface area contributed by atoms with Gasteiger partial charge in [-0.25, -0.2) is 0 Å². The van der Waals surface area contributed by atoms with Crippen molar-refractivity contribution >= 4 is 5.95 Å². The first-order chi connectivity index (χ1) is 10.2. The summed E-state index contributed by atoms with van der Waals surface area (Å²) in [5.41, 5.74) is 0. The summed E-state index contributed by atoms with van der Waals surface area (Å²) in [4.78, 5) is 9.15. The summed E-state index contributed by atoms with van der Waals surface area (Å²) < 4.78 is 5.47. The number of aromatic nitrogens is 2. The number of nitrogens with one attached hydrogen (secondary N) is 1. The fourth-order valence-electron chi connectivity index (χ4n) is 3.27. The minimum Gasteiger partial charge on any atom is -0.337 e. The van der Waals surface area contributed by atoms with Crippen LogP contribution in [0.5, 0.6) is 0 Å². The SMILES string of the molecule is CC(Cc1nc(N2CCN(C)CC2)no1)C1CCCNC1. The van der Waals surface area contributed by atoms with Gasteiger partial charge in [-0.1, -0.05) is 6.92 Å². The molecule has 0 aliphatic carbocycles. The summed E-state index contributed by atoms with van der Waals surface area (Å²) >= 11 is 0. The van der Waals surface area contributed by atoms with Crippen molar-refractivity contribution in [2.75, 3.05) is 51.2 Å². The minimum absolute atomic E-state index is 0.596. The van der Waals surface area contributed by atoms with E-state index < -0.39 is 0 Å². The highest BCUT2D eigenvalue weighted by Gasteiger charge is 2.24. The highest BCUT2D eigenvalue weighted by atomic mass is 16.5. The summed E-state index contributed by atoms with van der Waals surface area (Å²) in [7, 11) is 2.15. The van der Waals surface area contributed by atoms with E-state index in [-0.39, 0.29) is 0 Å². The Morgan fingerprint density at radius 2 is 2.14 bits per heavy atom. The molecule has 3 heterocycles. The van der Waals surface area contributed by atoms with Crippen molar-refractivity contribution in [2.45, 2.75) is 26.2 Å². The molecule has 0 saturated carbocycles. The fraction of sp³-hybridized carbons (Fsp3) is 0.867. The van der Waals surface area contributed by atoms with E-state index in [2.05, 4.69) is 39.2 Å². The number of piperazine rings is 1. The maximum Gasteiger partial charge on any atom is 0.266 e. The van der Waals surface area contributed by atoms with Gasteiger partial charge in [0, 0.05) is 32.6 Å². The van der Waals surface area contributed by atoms with Crippen LogP contribution in [0.2, 0.25) is 0 Å². The Kier molecular flexibility index (Phi) is 4.75. The predicted octanol–water partition coefficient (Wildman–Crippen LogP) is 1.000. The van der Waals surface area contributed by atoms with E-state index in [1.165, 1.54) is 12.8 Å². The minimum atomic E-state index is 0.596. The summed E-state index contributed by atoms with van der Waals surface area (Å²) in [5.74, 6) is 2.89. The molecule has 2 unspecified atom stereocenters. The number of nitrogens with zero attached hydrogens (tertiary/aromatic N) is 4. The summed E-state index contributed by atoms with van der Waals surface area (Å²) in [6.45, 7) is 8.69. The third-order valence-corrected chi connectivity index (χ3v) is 4.88. The number of hydrogen-bond acceptors (Lipinski definition) is 6. The van der Waals surface area contributed by atoms with E-state index in [4.69, 9.17) is 4.52 Å². The van der Waals surface area contributed by atoms with Gasteiger partial charge in [-0.05, 0) is 50.0 Å². The molecule has 6 nitrogen and oxygen atoms in total. The van der Waals surface area contributed by atoms with Crippen molar-refractivity contribution in [1.29, 1.82) is 0 Å². The largest absolute Gasteiger partial charge is 0.337 e. The average Bonchev–Trinajstić information content (AvgIpc) is 2.97. The second-order valence-corrected chi connectivity index (χ2v) is 6.57. The van der Waals surface area contributed by atoms with Gasteiger partial charge in [-0.15, -0.1) is 0 Å². The van der Waals surface area contributed by atoms with Gasteiger partial charge < -0.3 is 19.6 Å². The van der Waals surface area contributed by atoms with Crippen LogP contribution in [-0.2, 0) is 6.42 Å². The highest BCUT2D eigenvalue weighted by molar-refractivity contribution is 5.28. The number of rotatable bonds is 4. The molecule has 0 bridgehead atoms. The monoisotopic (exact) mass is 293 g/mol. The maximum atomic E-state index is 5.47. The molecule has 1 aromatic rings. The van der Waals surface area contributed by atoms with Gasteiger partial charge in [0.2, 0.25) is 5.89 Å². The zero-order chi connectivity index (χ0) is 14.7. The van der Waals surface area contributed by atoms with Crippen molar-refractivity contribution in [1.82, 2.24) is 20.4 Å². The highest BCUT2D eigenvalue weighted by Crippen LogP contribution is 2.23. The van der Waals surface area contributed by atoms with Gasteiger partial charge in [0.1, 0.15) is 0 Å². The van der Waals surface area contributed by atoms with E-state index in [0.29, 0.717) is 5.92 Å². The van der Waals surface area contributed by atoms with E-state index in [1.807, 2.05) is 0 Å². The number of likely N-dealkylation sites (N-methyl/N-ethyl adjacent to an activating group) is 1. The molecule has 21 heavy (non-hydrogen) atoms. The van der Waals surface area contributed by atoms with Gasteiger partial charge in [0.15, 0.2) is 0 Å². The van der Waals surface area contributed by atoms with Crippen molar-refractivity contribution < 1.29 is 4.52 Å². The lowest BCUT2D eigenvalue weighted by Gasteiger charge is -2.31. The third kappa shape index (κ3) is 3.74. The Labute approximate surface area is 126 Å². The molecule has 118 valence electrons. The topological polar surface area (TPSA) is 57.4 Å². The predicted molar refractivity (Wildman–Crippen MR) is 82.5 cm³/mol. The van der Waals surface area contributed by atoms with Crippen molar-refractivity contribution in [3.05, 3.63) is 5.89 Å². The Morgan fingerprint density at radius 1 is 1.33 bits per heavy atom. The number of piperidine rings is 1. The zero-order valence-corrected chi connectivity index (χ0v) is 13.2. The summed E-state index contributed by atoms with van der Waals surface area (Å²) in [6, 6.07) is 0. The first-order valence-electron chi connectivity index (χ1n) is 8.19. The Bertz CT molecular complexity index is 435. The van der Waals surface area contributed by atoms with E-state index in [1.54, 1.807) is 0 Å². The molecule has 2 aliphatic heterocycles. The number of hydrogen-bond donors (Lipinski definition) is 1. The molecule has 0 aromatic carbocycles. The molecular weight excluding hydrogens is 266 g/mol. The molecule has 2 aliphatic rings. The average molecular weight is 293 g/mol. The normalized spacial score (nSPS) is 26.0. The van der Waals surface area contributed by atoms with Crippen molar-refractivity contribution in [3.8, 4) is 0 Å². The second kappa shape index (κ2) is 6.75. The molecule has 0 radical (unpaired) electrons.